The molecule has 11 heteroatoms. The van der Waals surface area contributed by atoms with Crippen LogP contribution in [0.5, 0.6) is 11.5 Å². The fourth-order valence-electron chi connectivity index (χ4n) is 7.66. The van der Waals surface area contributed by atoms with E-state index in [0.29, 0.717) is 35.5 Å². The van der Waals surface area contributed by atoms with E-state index < -0.39 is 11.9 Å². The molecule has 2 aromatic rings. The average molecular weight is 639 g/mol. The van der Waals surface area contributed by atoms with E-state index in [4.69, 9.17) is 4.74 Å². The van der Waals surface area contributed by atoms with E-state index >= 15 is 0 Å². The van der Waals surface area contributed by atoms with E-state index in [1.165, 1.54) is 18.5 Å². The van der Waals surface area contributed by atoms with E-state index in [1.807, 2.05) is 41.5 Å². The summed E-state index contributed by atoms with van der Waals surface area (Å²) in [6.45, 7) is 16.9. The van der Waals surface area contributed by atoms with Gasteiger partial charge in [0.15, 0.2) is 17.3 Å². The molecule has 0 bridgehead atoms. The lowest BCUT2D eigenvalue weighted by molar-refractivity contribution is -0.121. The fraction of sp³-hybridized carbons (Fsp3) is 0.657. The summed E-state index contributed by atoms with van der Waals surface area (Å²) >= 11 is 0. The molecule has 3 aliphatic rings. The van der Waals surface area contributed by atoms with Crippen LogP contribution in [0.15, 0.2) is 30.7 Å². The van der Waals surface area contributed by atoms with Crippen molar-refractivity contribution in [1.82, 2.24) is 19.8 Å². The fourth-order valence-corrected chi connectivity index (χ4v) is 7.66. The van der Waals surface area contributed by atoms with Crippen LogP contribution in [0, 0.1) is 23.1 Å². The van der Waals surface area contributed by atoms with Crippen molar-refractivity contribution < 1.29 is 23.8 Å². The van der Waals surface area contributed by atoms with Crippen LogP contribution in [-0.2, 0) is 4.79 Å². The number of ether oxygens (including phenoxy) is 1. The molecule has 3 fully saturated rings. The second-order valence-electron chi connectivity index (χ2n) is 14.8. The van der Waals surface area contributed by atoms with Crippen LogP contribution < -0.4 is 14.5 Å². The number of halogens is 1. The zero-order valence-electron chi connectivity index (χ0n) is 28.3. The van der Waals surface area contributed by atoms with Crippen molar-refractivity contribution in [1.29, 1.82) is 0 Å². The maximum atomic E-state index is 14.3. The van der Waals surface area contributed by atoms with Gasteiger partial charge in [-0.3, -0.25) is 4.79 Å². The third kappa shape index (κ3) is 7.40. The summed E-state index contributed by atoms with van der Waals surface area (Å²) in [4.78, 5) is 41.7. The van der Waals surface area contributed by atoms with Crippen molar-refractivity contribution in [3.8, 4) is 11.5 Å². The first-order chi connectivity index (χ1) is 21.8. The third-order valence-electron chi connectivity index (χ3n) is 10.1. The number of amides is 2. The molecule has 10 nitrogen and oxygen atoms in total. The molecule has 0 radical (unpaired) electrons. The van der Waals surface area contributed by atoms with Gasteiger partial charge in [-0.2, -0.15) is 0 Å². The summed E-state index contributed by atoms with van der Waals surface area (Å²) in [5.41, 5.74) is 0.258. The third-order valence-corrected chi connectivity index (χ3v) is 10.1. The molecule has 0 atom stereocenters. The lowest BCUT2D eigenvalue weighted by Gasteiger charge is -2.55. The summed E-state index contributed by atoms with van der Waals surface area (Å²) in [5, 5.41) is 9.80. The molecule has 1 aromatic heterocycles. The van der Waals surface area contributed by atoms with Gasteiger partial charge >= 0.3 is 6.09 Å². The van der Waals surface area contributed by atoms with Crippen molar-refractivity contribution in [2.45, 2.75) is 91.6 Å². The minimum Gasteiger partial charge on any atom is -0.465 e. The molecule has 1 aliphatic carbocycles. The Bertz CT molecular complexity index is 1370. The van der Waals surface area contributed by atoms with E-state index in [2.05, 4.69) is 19.8 Å². The van der Waals surface area contributed by atoms with Crippen LogP contribution in [0.2, 0.25) is 0 Å². The molecule has 2 saturated heterocycles. The zero-order valence-corrected chi connectivity index (χ0v) is 28.3. The summed E-state index contributed by atoms with van der Waals surface area (Å²) in [7, 11) is 0. The van der Waals surface area contributed by atoms with Crippen LogP contribution in [-0.4, -0.2) is 87.7 Å². The minimum atomic E-state index is -0.811. The van der Waals surface area contributed by atoms with Gasteiger partial charge < -0.3 is 29.4 Å². The second-order valence-corrected chi connectivity index (χ2v) is 14.8. The molecule has 1 aromatic carbocycles. The number of carbonyl (C=O) groups excluding carboxylic acids is 1. The lowest BCUT2D eigenvalue weighted by Crippen LogP contribution is -2.61. The van der Waals surface area contributed by atoms with Gasteiger partial charge in [0.05, 0.1) is 11.9 Å². The number of hydrogen-bond donors (Lipinski definition) is 1. The Balaban J connectivity index is 1.16. The van der Waals surface area contributed by atoms with E-state index in [-0.39, 0.29) is 28.8 Å². The maximum absolute atomic E-state index is 14.3. The van der Waals surface area contributed by atoms with Gasteiger partial charge in [0.25, 0.3) is 0 Å². The Morgan fingerprint density at radius 3 is 2.37 bits per heavy atom. The van der Waals surface area contributed by atoms with Gasteiger partial charge in [0, 0.05) is 55.2 Å². The highest BCUT2D eigenvalue weighted by Crippen LogP contribution is 2.46. The van der Waals surface area contributed by atoms with Crippen LogP contribution in [0.25, 0.3) is 0 Å². The van der Waals surface area contributed by atoms with Gasteiger partial charge in [-0.05, 0) is 97.4 Å². The van der Waals surface area contributed by atoms with E-state index in [0.717, 1.165) is 71.2 Å². The quantitative estimate of drug-likeness (QED) is 0.326. The van der Waals surface area contributed by atoms with Crippen LogP contribution in [0.3, 0.4) is 0 Å². The number of anilines is 2. The Labute approximate surface area is 272 Å². The molecular formula is C35H51FN6O4. The molecule has 3 heterocycles. The van der Waals surface area contributed by atoms with Gasteiger partial charge in [-0.15, -0.1) is 0 Å². The molecule has 2 amide bonds. The predicted molar refractivity (Wildman–Crippen MR) is 177 cm³/mol. The Morgan fingerprint density at radius 1 is 1.11 bits per heavy atom. The topological polar surface area (TPSA) is 102 Å². The summed E-state index contributed by atoms with van der Waals surface area (Å²) in [6, 6.07) is 4.35. The highest BCUT2D eigenvalue weighted by Gasteiger charge is 2.46. The molecule has 46 heavy (non-hydrogen) atoms. The van der Waals surface area contributed by atoms with Gasteiger partial charge in [0.1, 0.15) is 12.1 Å². The number of likely N-dealkylation sites (tertiary alicyclic amines) is 1. The van der Waals surface area contributed by atoms with Crippen LogP contribution in [0.4, 0.5) is 20.7 Å². The monoisotopic (exact) mass is 638 g/mol. The van der Waals surface area contributed by atoms with E-state index in [1.54, 1.807) is 22.1 Å². The number of aromatic nitrogens is 2. The first-order valence-electron chi connectivity index (χ1n) is 16.9. The molecule has 1 spiro atoms. The van der Waals surface area contributed by atoms with Crippen molar-refractivity contribution in [2.75, 3.05) is 49.1 Å². The Morgan fingerprint density at radius 2 is 1.78 bits per heavy atom. The predicted octanol–water partition coefficient (Wildman–Crippen LogP) is 6.66. The van der Waals surface area contributed by atoms with Gasteiger partial charge in [-0.1, -0.05) is 13.8 Å². The number of carboxylic acid groups (broad SMARTS) is 1. The highest BCUT2D eigenvalue weighted by molar-refractivity contribution is 5.96. The highest BCUT2D eigenvalue weighted by atomic mass is 19.1. The molecule has 0 unspecified atom stereocenters. The number of nitrogens with zero attached hydrogens (tertiary/aromatic N) is 6. The Kier molecular flexibility index (Phi) is 10.1. The smallest absolute Gasteiger partial charge is 0.407 e. The van der Waals surface area contributed by atoms with Gasteiger partial charge in [0.2, 0.25) is 5.91 Å². The summed E-state index contributed by atoms with van der Waals surface area (Å²) < 4.78 is 20.7. The zero-order chi connectivity index (χ0) is 33.2. The number of carbonyl (C=O) groups is 2. The maximum Gasteiger partial charge on any atom is 0.407 e. The summed E-state index contributed by atoms with van der Waals surface area (Å²) in [5.74, 6) is 1.43. The van der Waals surface area contributed by atoms with Gasteiger partial charge in [-0.25, -0.2) is 19.2 Å². The molecule has 1 N–H and O–H groups in total. The number of rotatable bonds is 9. The average Bonchev–Trinajstić information content (AvgIpc) is 2.98. The number of hydrogen-bond acceptors (Lipinski definition) is 7. The van der Waals surface area contributed by atoms with E-state index in [9.17, 15) is 19.1 Å². The van der Waals surface area contributed by atoms with Crippen LogP contribution in [0.1, 0.15) is 80.1 Å². The van der Waals surface area contributed by atoms with Crippen molar-refractivity contribution in [2.24, 2.45) is 17.3 Å². The SMILES string of the molecule is CCN(C(=O)C(C)C)c1cc(F)ccc1Oc1cncnc1N1CC2(CCN(CC3CCC(N(C(=O)O)C(C)(C)C)CC3)CC2)C1. The second kappa shape index (κ2) is 13.7. The van der Waals surface area contributed by atoms with Crippen molar-refractivity contribution in [3.05, 3.63) is 36.5 Å². The molecular weight excluding hydrogens is 587 g/mol. The summed E-state index contributed by atoms with van der Waals surface area (Å²) in [6.07, 6.45) is 8.63. The van der Waals surface area contributed by atoms with Crippen molar-refractivity contribution >= 4 is 23.5 Å². The first kappa shape index (κ1) is 33.9. The van der Waals surface area contributed by atoms with Crippen LogP contribution >= 0.6 is 0 Å². The lowest BCUT2D eigenvalue weighted by atomic mass is 9.71. The number of piperidine rings is 1. The molecule has 252 valence electrons. The molecule has 5 rings (SSSR count). The normalized spacial score (nSPS) is 21.6. The minimum absolute atomic E-state index is 0.100. The first-order valence-corrected chi connectivity index (χ1v) is 16.9. The largest absolute Gasteiger partial charge is 0.465 e. The number of benzene rings is 1. The molecule has 2 aliphatic heterocycles. The van der Waals surface area contributed by atoms with Crippen molar-refractivity contribution in [3.63, 3.8) is 0 Å². The Hall–Kier alpha value is -3.47. The standard InChI is InChI=1S/C35H51FN6O4/c1-7-41(32(43)24(2)3)28-18-26(36)10-13-29(28)46-30-19-37-23-38-31(30)40-21-35(22-40)14-16-39(17-15-35)20-25-8-11-27(12-9-25)42(33(44)45)34(4,5)6/h10,13,18-19,23-25,27H,7-9,11-12,14-17,20-22H2,1-6H3,(H,44,45). The molecule has 1 saturated carbocycles.